The number of hydrogen-bond acceptors (Lipinski definition) is 13. The van der Waals surface area contributed by atoms with Crippen molar-refractivity contribution in [1.82, 2.24) is 35.6 Å². The van der Waals surface area contributed by atoms with Gasteiger partial charge in [-0.25, -0.2) is 4.98 Å². The number of unbranched alkanes of at least 4 members (excludes halogenated alkanes) is 2. The minimum atomic E-state index is -0.856. The molecular formula is C50H64N10O5S. The van der Waals surface area contributed by atoms with E-state index in [2.05, 4.69) is 71.8 Å². The summed E-state index contributed by atoms with van der Waals surface area (Å²) in [5, 5.41) is 35.3. The maximum atomic E-state index is 14.1. The maximum Gasteiger partial charge on any atom is 0.246 e. The Hall–Kier alpha value is -6.10. The number of nitrogens with zero attached hydrogens (tertiary/aromatic N) is 7. The zero-order chi connectivity index (χ0) is 47.0. The van der Waals surface area contributed by atoms with E-state index in [1.807, 2.05) is 75.7 Å². The third kappa shape index (κ3) is 12.0. The molecule has 3 aromatic carbocycles. The number of benzene rings is 3. The monoisotopic (exact) mass is 916 g/mol. The van der Waals surface area contributed by atoms with Gasteiger partial charge in [-0.15, -0.1) is 21.5 Å². The van der Waals surface area contributed by atoms with Crippen LogP contribution in [0.15, 0.2) is 84.4 Å². The number of rotatable bonds is 17. The molecule has 0 saturated carbocycles. The minimum Gasteiger partial charge on any atom is -0.507 e. The van der Waals surface area contributed by atoms with Crippen molar-refractivity contribution in [2.45, 2.75) is 91.1 Å². The van der Waals surface area contributed by atoms with Crippen molar-refractivity contribution in [3.63, 3.8) is 0 Å². The standard InChI is InChI=1S/C50H64N10O5S/c1-33-45(66-32-53-33)36-18-14-34(15-19-36)29-52-48(64)42-27-38(61)31-60(42)49(65)46(50(2,3)4)54-44(63)13-7-6-10-22-57(5)30-35-16-20-37(21-17-35)58-23-25-59(26-24-58)41-28-40(55-56-47(41)51)39-11-8-9-12-43(39)62/h8-9,11-12,14-21,28,32,38,42,46,61-62H,6-7,10,13,22-27,29-31H2,1-5H3,(H2,51,56)(H,52,64)(H,54,63)/t38-,42+,46-/m1/s1. The smallest absolute Gasteiger partial charge is 0.246 e. The van der Waals surface area contributed by atoms with Gasteiger partial charge < -0.3 is 46.2 Å². The van der Waals surface area contributed by atoms with Crippen molar-refractivity contribution in [3.05, 3.63) is 101 Å². The normalized spacial score (nSPS) is 17.0. The van der Waals surface area contributed by atoms with Crippen LogP contribution in [0, 0.1) is 12.3 Å². The molecule has 2 aliphatic rings. The summed E-state index contributed by atoms with van der Waals surface area (Å²) in [5.41, 5.74) is 14.8. The highest BCUT2D eigenvalue weighted by atomic mass is 32.1. The SMILES string of the molecule is Cc1ncsc1-c1ccc(CNC(=O)[C@@H]2C[C@@H](O)CN2C(=O)[C@@H](NC(=O)CCCCCN(C)Cc2ccc(N3CCN(c4cc(-c5ccccc5O)nnc4N)CC3)cc2)C(C)(C)C)cc1. The van der Waals surface area contributed by atoms with Gasteiger partial charge in [0.2, 0.25) is 17.7 Å². The first kappa shape index (κ1) is 47.9. The molecule has 16 heteroatoms. The molecule has 15 nitrogen and oxygen atoms in total. The average molecular weight is 917 g/mol. The van der Waals surface area contributed by atoms with Gasteiger partial charge in [0.1, 0.15) is 17.8 Å². The Labute approximate surface area is 392 Å². The van der Waals surface area contributed by atoms with Crippen molar-refractivity contribution >= 4 is 46.3 Å². The van der Waals surface area contributed by atoms with Crippen LogP contribution in [0.4, 0.5) is 17.2 Å². The van der Waals surface area contributed by atoms with Crippen molar-refractivity contribution in [2.24, 2.45) is 5.41 Å². The third-order valence-corrected chi connectivity index (χ3v) is 13.5. The van der Waals surface area contributed by atoms with Gasteiger partial charge in [0.05, 0.1) is 33.6 Å². The lowest BCUT2D eigenvalue weighted by Crippen LogP contribution is -2.57. The third-order valence-electron chi connectivity index (χ3n) is 12.5. The fraction of sp³-hybridized carbons (Fsp3) is 0.440. The number of hydrogen-bond donors (Lipinski definition) is 5. The number of para-hydroxylation sites is 1. The summed E-state index contributed by atoms with van der Waals surface area (Å²) >= 11 is 1.59. The van der Waals surface area contributed by atoms with E-state index < -0.39 is 23.6 Å². The quantitative estimate of drug-likeness (QED) is 0.0686. The summed E-state index contributed by atoms with van der Waals surface area (Å²) in [6.07, 6.45) is 2.07. The zero-order valence-electron chi connectivity index (χ0n) is 38.7. The highest BCUT2D eigenvalue weighted by Gasteiger charge is 2.44. The lowest BCUT2D eigenvalue weighted by Gasteiger charge is -2.37. The molecule has 2 aliphatic heterocycles. The number of likely N-dealkylation sites (tertiary alicyclic amines) is 1. The number of nitrogens with one attached hydrogen (secondary N) is 2. The summed E-state index contributed by atoms with van der Waals surface area (Å²) < 4.78 is 0. The predicted molar refractivity (Wildman–Crippen MR) is 261 cm³/mol. The topological polar surface area (TPSA) is 193 Å². The van der Waals surface area contributed by atoms with Crippen LogP contribution < -0.4 is 26.2 Å². The van der Waals surface area contributed by atoms with Crippen LogP contribution in [0.1, 0.15) is 69.7 Å². The van der Waals surface area contributed by atoms with Crippen LogP contribution in [0.2, 0.25) is 0 Å². The molecule has 0 unspecified atom stereocenters. The number of β-amino-alcohol motifs (C(OH)–C–C–N with tert-alkyl or cyclic N) is 1. The number of nitrogen functional groups attached to an aromatic ring is 1. The first-order chi connectivity index (χ1) is 31.6. The molecule has 6 N–H and O–H groups in total. The van der Waals surface area contributed by atoms with E-state index >= 15 is 0 Å². The van der Waals surface area contributed by atoms with Crippen LogP contribution >= 0.6 is 11.3 Å². The second kappa shape index (κ2) is 21.5. The maximum absolute atomic E-state index is 14.1. The Morgan fingerprint density at radius 3 is 2.30 bits per heavy atom. The molecule has 5 aromatic rings. The number of carbonyl (C=O) groups excluding carboxylic acids is 3. The summed E-state index contributed by atoms with van der Waals surface area (Å²) in [4.78, 5) is 54.6. The fourth-order valence-electron chi connectivity index (χ4n) is 8.73. The average Bonchev–Trinajstić information content (AvgIpc) is 3.92. The fourth-order valence-corrected chi connectivity index (χ4v) is 9.54. The van der Waals surface area contributed by atoms with Crippen molar-refractivity contribution in [3.8, 4) is 27.4 Å². The van der Waals surface area contributed by atoms with Gasteiger partial charge in [-0.1, -0.05) is 75.7 Å². The number of aromatic hydroxyl groups is 1. The molecule has 3 atom stereocenters. The number of amides is 3. The van der Waals surface area contributed by atoms with Gasteiger partial charge in [0.15, 0.2) is 5.82 Å². The molecule has 350 valence electrons. The van der Waals surface area contributed by atoms with Crippen LogP contribution in [-0.2, 0) is 27.5 Å². The van der Waals surface area contributed by atoms with E-state index in [4.69, 9.17) is 5.73 Å². The molecule has 0 spiro atoms. The van der Waals surface area contributed by atoms with Gasteiger partial charge in [-0.3, -0.25) is 14.4 Å². The molecule has 2 saturated heterocycles. The molecule has 2 aromatic heterocycles. The minimum absolute atomic E-state index is 0.0321. The number of phenolic OH excluding ortho intramolecular Hbond substituents is 1. The van der Waals surface area contributed by atoms with Crippen molar-refractivity contribution in [2.75, 3.05) is 61.8 Å². The second-order valence-corrected chi connectivity index (χ2v) is 19.5. The number of piperazine rings is 1. The molecule has 66 heavy (non-hydrogen) atoms. The number of carbonyl (C=O) groups is 3. The first-order valence-corrected chi connectivity index (χ1v) is 23.8. The van der Waals surface area contributed by atoms with Gasteiger partial charge in [0, 0.05) is 69.9 Å². The van der Waals surface area contributed by atoms with E-state index in [0.29, 0.717) is 29.9 Å². The Bertz CT molecular complexity index is 2430. The summed E-state index contributed by atoms with van der Waals surface area (Å²) in [6, 6.07) is 24.0. The van der Waals surface area contributed by atoms with Gasteiger partial charge in [0.25, 0.3) is 0 Å². The van der Waals surface area contributed by atoms with Crippen LogP contribution in [0.25, 0.3) is 21.7 Å². The lowest BCUT2D eigenvalue weighted by molar-refractivity contribution is -0.144. The van der Waals surface area contributed by atoms with E-state index in [1.165, 1.54) is 16.2 Å². The molecule has 7 rings (SSSR count). The van der Waals surface area contributed by atoms with Gasteiger partial charge >= 0.3 is 0 Å². The molecule has 2 fully saturated rings. The predicted octanol–water partition coefficient (Wildman–Crippen LogP) is 5.99. The highest BCUT2D eigenvalue weighted by Crippen LogP contribution is 2.33. The number of anilines is 3. The van der Waals surface area contributed by atoms with Crippen LogP contribution in [0.3, 0.4) is 0 Å². The zero-order valence-corrected chi connectivity index (χ0v) is 39.6. The van der Waals surface area contributed by atoms with Gasteiger partial charge in [-0.2, -0.15) is 0 Å². The van der Waals surface area contributed by atoms with E-state index in [1.54, 1.807) is 23.5 Å². The molecule has 0 aliphatic carbocycles. The highest BCUT2D eigenvalue weighted by molar-refractivity contribution is 7.13. The number of aromatic nitrogens is 3. The van der Waals surface area contributed by atoms with Crippen molar-refractivity contribution in [1.29, 1.82) is 0 Å². The molecule has 4 heterocycles. The van der Waals surface area contributed by atoms with E-state index in [9.17, 15) is 24.6 Å². The van der Waals surface area contributed by atoms with Crippen molar-refractivity contribution < 1.29 is 24.6 Å². The number of phenols is 1. The van der Waals surface area contributed by atoms with Crippen LogP contribution in [0.5, 0.6) is 5.75 Å². The Morgan fingerprint density at radius 1 is 0.924 bits per heavy atom. The van der Waals surface area contributed by atoms with E-state index in [-0.39, 0.29) is 43.0 Å². The number of aryl methyl sites for hydroxylation is 1. The van der Waals surface area contributed by atoms with Crippen LogP contribution in [-0.4, -0.2) is 117 Å². The second-order valence-electron chi connectivity index (χ2n) is 18.7. The number of aliphatic hydroxyl groups is 1. The van der Waals surface area contributed by atoms with Gasteiger partial charge in [-0.05, 0) is 85.8 Å². The molecule has 3 amide bonds. The number of aliphatic hydroxyl groups excluding tert-OH is 1. The Kier molecular flexibility index (Phi) is 15.6. The summed E-state index contributed by atoms with van der Waals surface area (Å²) in [7, 11) is 2.11. The number of thiazole rings is 1. The Balaban J connectivity index is 0.815. The summed E-state index contributed by atoms with van der Waals surface area (Å²) in [5.74, 6) is -0.370. The summed E-state index contributed by atoms with van der Waals surface area (Å²) in [6.45, 7) is 12.9. The number of nitrogens with two attached hydrogens (primary N) is 1. The lowest BCUT2D eigenvalue weighted by atomic mass is 9.85. The first-order valence-electron chi connectivity index (χ1n) is 22.9. The largest absolute Gasteiger partial charge is 0.507 e. The van der Waals surface area contributed by atoms with E-state index in [0.717, 1.165) is 79.5 Å². The molecular weight excluding hydrogens is 853 g/mol. The molecule has 0 radical (unpaired) electrons. The molecule has 0 bridgehead atoms. The Morgan fingerprint density at radius 2 is 1.62 bits per heavy atom.